The Morgan fingerprint density at radius 1 is 1.47 bits per heavy atom. The van der Waals surface area contributed by atoms with Gasteiger partial charge in [-0.1, -0.05) is 0 Å². The molecular weight excluding hydrogens is 214 g/mol. The number of methoxy groups -OCH3 is 1. The Morgan fingerprint density at radius 3 is 2.88 bits per heavy atom. The van der Waals surface area contributed by atoms with Gasteiger partial charge in [-0.2, -0.15) is 0 Å². The molecule has 94 valence electrons. The first-order valence-electron chi connectivity index (χ1n) is 6.27. The van der Waals surface area contributed by atoms with Crippen molar-refractivity contribution in [3.05, 3.63) is 23.3 Å². The van der Waals surface area contributed by atoms with E-state index in [4.69, 9.17) is 4.74 Å². The van der Waals surface area contributed by atoms with Crippen molar-refractivity contribution < 1.29 is 4.74 Å². The second kappa shape index (κ2) is 5.56. The molecule has 0 radical (unpaired) electrons. The number of ether oxygens (including phenoxy) is 1. The lowest BCUT2D eigenvalue weighted by molar-refractivity contribution is 0.117. The summed E-state index contributed by atoms with van der Waals surface area (Å²) in [5.74, 6) is 0.881. The van der Waals surface area contributed by atoms with Crippen LogP contribution in [0.4, 0.5) is 0 Å². The highest BCUT2D eigenvalue weighted by atomic mass is 16.5. The third-order valence-electron chi connectivity index (χ3n) is 2.98. The molecule has 1 unspecified atom stereocenters. The third-order valence-corrected chi connectivity index (χ3v) is 2.98. The highest BCUT2D eigenvalue weighted by molar-refractivity contribution is 5.11. The first-order valence-corrected chi connectivity index (χ1v) is 6.27. The van der Waals surface area contributed by atoms with Crippen LogP contribution < -0.4 is 5.32 Å². The van der Waals surface area contributed by atoms with Crippen LogP contribution in [0.1, 0.15) is 37.0 Å². The average Bonchev–Trinajstić information content (AvgIpc) is 3.09. The SMILES string of the molecule is COC(C)Cc1nc(C)cc(CNC2CC2)n1. The van der Waals surface area contributed by atoms with Gasteiger partial charge in [0.25, 0.3) is 0 Å². The molecule has 0 bridgehead atoms. The van der Waals surface area contributed by atoms with E-state index in [9.17, 15) is 0 Å². The molecular formula is C13H21N3O. The van der Waals surface area contributed by atoms with E-state index in [0.29, 0.717) is 6.04 Å². The van der Waals surface area contributed by atoms with Crippen LogP contribution in [0.5, 0.6) is 0 Å². The van der Waals surface area contributed by atoms with Crippen molar-refractivity contribution in [1.82, 2.24) is 15.3 Å². The van der Waals surface area contributed by atoms with Crippen LogP contribution in [0.15, 0.2) is 6.07 Å². The fourth-order valence-corrected chi connectivity index (χ4v) is 1.76. The first-order chi connectivity index (χ1) is 8.17. The fourth-order valence-electron chi connectivity index (χ4n) is 1.76. The summed E-state index contributed by atoms with van der Waals surface area (Å²) in [5.41, 5.74) is 2.12. The first kappa shape index (κ1) is 12.5. The molecule has 1 aromatic heterocycles. The lowest BCUT2D eigenvalue weighted by Crippen LogP contribution is -2.18. The molecule has 1 aliphatic carbocycles. The van der Waals surface area contributed by atoms with Crippen LogP contribution >= 0.6 is 0 Å². The van der Waals surface area contributed by atoms with Crippen LogP contribution in [-0.4, -0.2) is 29.2 Å². The van der Waals surface area contributed by atoms with Crippen LogP contribution in [0.25, 0.3) is 0 Å². The van der Waals surface area contributed by atoms with E-state index < -0.39 is 0 Å². The smallest absolute Gasteiger partial charge is 0.131 e. The van der Waals surface area contributed by atoms with Gasteiger partial charge in [0.05, 0.1) is 11.8 Å². The number of nitrogens with zero attached hydrogens (tertiary/aromatic N) is 2. The van der Waals surface area contributed by atoms with E-state index in [1.54, 1.807) is 7.11 Å². The molecule has 0 aromatic carbocycles. The monoisotopic (exact) mass is 235 g/mol. The van der Waals surface area contributed by atoms with Crippen molar-refractivity contribution in [2.75, 3.05) is 7.11 Å². The van der Waals surface area contributed by atoms with E-state index in [0.717, 1.165) is 30.2 Å². The highest BCUT2D eigenvalue weighted by Crippen LogP contribution is 2.19. The van der Waals surface area contributed by atoms with E-state index in [1.165, 1.54) is 12.8 Å². The summed E-state index contributed by atoms with van der Waals surface area (Å²) in [7, 11) is 1.72. The molecule has 1 atom stereocenters. The van der Waals surface area contributed by atoms with Crippen molar-refractivity contribution in [3.63, 3.8) is 0 Å². The molecule has 1 saturated carbocycles. The number of nitrogens with one attached hydrogen (secondary N) is 1. The van der Waals surface area contributed by atoms with Gasteiger partial charge in [-0.25, -0.2) is 9.97 Å². The summed E-state index contributed by atoms with van der Waals surface area (Å²) < 4.78 is 5.25. The normalized spacial score (nSPS) is 17.1. The van der Waals surface area contributed by atoms with Gasteiger partial charge in [0.2, 0.25) is 0 Å². The number of aromatic nitrogens is 2. The quantitative estimate of drug-likeness (QED) is 0.814. The minimum absolute atomic E-state index is 0.168. The van der Waals surface area contributed by atoms with Crippen molar-refractivity contribution in [2.24, 2.45) is 0 Å². The predicted molar refractivity (Wildman–Crippen MR) is 66.8 cm³/mol. The zero-order valence-corrected chi connectivity index (χ0v) is 10.9. The third kappa shape index (κ3) is 4.06. The minimum atomic E-state index is 0.168. The van der Waals surface area contributed by atoms with Crippen LogP contribution in [-0.2, 0) is 17.7 Å². The van der Waals surface area contributed by atoms with Crippen molar-refractivity contribution in [2.45, 2.75) is 51.8 Å². The van der Waals surface area contributed by atoms with Crippen LogP contribution in [0.2, 0.25) is 0 Å². The van der Waals surface area contributed by atoms with Crippen molar-refractivity contribution in [1.29, 1.82) is 0 Å². The number of hydrogen-bond acceptors (Lipinski definition) is 4. The summed E-state index contributed by atoms with van der Waals surface area (Å²) in [5, 5.41) is 3.47. The van der Waals surface area contributed by atoms with Gasteiger partial charge in [0.15, 0.2) is 0 Å². The zero-order chi connectivity index (χ0) is 12.3. The lowest BCUT2D eigenvalue weighted by Gasteiger charge is -2.10. The molecule has 0 saturated heterocycles. The number of hydrogen-bond donors (Lipinski definition) is 1. The number of aryl methyl sites for hydroxylation is 1. The maximum Gasteiger partial charge on any atom is 0.131 e. The van der Waals surface area contributed by atoms with E-state index in [2.05, 4.69) is 21.4 Å². The predicted octanol–water partition coefficient (Wildman–Crippen LogP) is 1.61. The molecule has 17 heavy (non-hydrogen) atoms. The summed E-state index contributed by atoms with van der Waals surface area (Å²) in [4.78, 5) is 9.01. The molecule has 1 N–H and O–H groups in total. The Bertz CT molecular complexity index is 377. The molecule has 4 nitrogen and oxygen atoms in total. The lowest BCUT2D eigenvalue weighted by atomic mass is 10.2. The molecule has 0 aliphatic heterocycles. The second-order valence-electron chi connectivity index (χ2n) is 4.82. The van der Waals surface area contributed by atoms with Crippen molar-refractivity contribution >= 4 is 0 Å². The standard InChI is InChI=1S/C13H21N3O/c1-9-6-12(8-14-11-4-5-11)16-13(15-9)7-10(2)17-3/h6,10-11,14H,4-5,7-8H2,1-3H3. The Hall–Kier alpha value is -1.00. The Balaban J connectivity index is 1.99. The molecule has 0 spiro atoms. The van der Waals surface area contributed by atoms with Gasteiger partial charge in [0.1, 0.15) is 5.82 Å². The summed E-state index contributed by atoms with van der Waals surface area (Å²) >= 11 is 0. The molecule has 2 rings (SSSR count). The summed E-state index contributed by atoms with van der Waals surface area (Å²) in [6, 6.07) is 2.77. The maximum absolute atomic E-state index is 5.25. The number of rotatable bonds is 6. The zero-order valence-electron chi connectivity index (χ0n) is 10.9. The van der Waals surface area contributed by atoms with Gasteiger partial charge in [0, 0.05) is 31.8 Å². The minimum Gasteiger partial charge on any atom is -0.381 e. The molecule has 0 amide bonds. The van der Waals surface area contributed by atoms with Gasteiger partial charge in [-0.15, -0.1) is 0 Å². The largest absolute Gasteiger partial charge is 0.381 e. The maximum atomic E-state index is 5.25. The average molecular weight is 235 g/mol. The molecule has 1 aliphatic rings. The molecule has 1 aromatic rings. The Kier molecular flexibility index (Phi) is 4.07. The van der Waals surface area contributed by atoms with Gasteiger partial charge < -0.3 is 10.1 Å². The summed E-state index contributed by atoms with van der Waals surface area (Å²) in [6.45, 7) is 4.90. The molecule has 1 fully saturated rings. The second-order valence-corrected chi connectivity index (χ2v) is 4.82. The van der Waals surface area contributed by atoms with Crippen molar-refractivity contribution in [3.8, 4) is 0 Å². The van der Waals surface area contributed by atoms with Crippen LogP contribution in [0.3, 0.4) is 0 Å². The Labute approximate surface area is 103 Å². The topological polar surface area (TPSA) is 47.0 Å². The van der Waals surface area contributed by atoms with Gasteiger partial charge in [-0.05, 0) is 32.8 Å². The van der Waals surface area contributed by atoms with Gasteiger partial charge >= 0.3 is 0 Å². The highest BCUT2D eigenvalue weighted by Gasteiger charge is 2.20. The fraction of sp³-hybridized carbons (Fsp3) is 0.692. The molecule has 1 heterocycles. The van der Waals surface area contributed by atoms with Crippen LogP contribution in [0, 0.1) is 6.92 Å². The van der Waals surface area contributed by atoms with E-state index >= 15 is 0 Å². The van der Waals surface area contributed by atoms with Gasteiger partial charge in [-0.3, -0.25) is 0 Å². The molecule has 4 heteroatoms. The Morgan fingerprint density at radius 2 is 2.24 bits per heavy atom. The summed E-state index contributed by atoms with van der Waals surface area (Å²) in [6.07, 6.45) is 3.55. The van der Waals surface area contributed by atoms with E-state index in [1.807, 2.05) is 13.8 Å². The van der Waals surface area contributed by atoms with E-state index in [-0.39, 0.29) is 6.10 Å².